The number of carbonyl (C=O) groups excluding carboxylic acids is 1. The third kappa shape index (κ3) is 3.58. The van der Waals surface area contributed by atoms with Crippen LogP contribution in [0.4, 0.5) is 9.52 Å². The Morgan fingerprint density at radius 1 is 1.43 bits per heavy atom. The number of aryl methyl sites for hydroxylation is 1. The number of anilines is 1. The van der Waals surface area contributed by atoms with E-state index in [1.54, 1.807) is 6.92 Å². The van der Waals surface area contributed by atoms with Gasteiger partial charge in [-0.05, 0) is 24.6 Å². The first kappa shape index (κ1) is 15.9. The van der Waals surface area contributed by atoms with Crippen LogP contribution in [0.2, 0.25) is 5.02 Å². The third-order valence-electron chi connectivity index (χ3n) is 2.56. The summed E-state index contributed by atoms with van der Waals surface area (Å²) in [5, 5.41) is 2.67. The molecule has 112 valence electrons. The van der Waals surface area contributed by atoms with E-state index in [4.69, 9.17) is 11.6 Å². The van der Waals surface area contributed by atoms with Crippen molar-refractivity contribution < 1.29 is 17.6 Å². The lowest BCUT2D eigenvalue weighted by Gasteiger charge is -2.05. The number of thiazole rings is 1. The normalized spacial score (nSPS) is 11.4. The van der Waals surface area contributed by atoms with E-state index >= 15 is 0 Å². The Balaban J connectivity index is 2.26. The van der Waals surface area contributed by atoms with Gasteiger partial charge >= 0.3 is 0 Å². The molecule has 2 rings (SSSR count). The number of halogens is 2. The Bertz CT molecular complexity index is 818. The quantitative estimate of drug-likeness (QED) is 0.925. The summed E-state index contributed by atoms with van der Waals surface area (Å²) in [6.45, 7) is 1.62. The second kappa shape index (κ2) is 5.70. The Morgan fingerprint density at radius 3 is 2.67 bits per heavy atom. The fourth-order valence-electron chi connectivity index (χ4n) is 1.47. The van der Waals surface area contributed by atoms with E-state index in [1.807, 2.05) is 0 Å². The summed E-state index contributed by atoms with van der Waals surface area (Å²) in [4.78, 5) is 15.7. The first-order valence-corrected chi connectivity index (χ1v) is 8.70. The van der Waals surface area contributed by atoms with Crippen molar-refractivity contribution in [1.82, 2.24) is 4.98 Å². The molecule has 0 aliphatic heterocycles. The van der Waals surface area contributed by atoms with E-state index < -0.39 is 21.6 Å². The van der Waals surface area contributed by atoms with E-state index in [1.165, 1.54) is 6.07 Å². The van der Waals surface area contributed by atoms with Gasteiger partial charge in [0.15, 0.2) is 15.0 Å². The van der Waals surface area contributed by atoms with Crippen LogP contribution in [-0.2, 0) is 9.84 Å². The number of aromatic nitrogens is 1. The number of benzene rings is 1. The van der Waals surface area contributed by atoms with Gasteiger partial charge in [0.2, 0.25) is 0 Å². The highest BCUT2D eigenvalue weighted by atomic mass is 35.5. The fourth-order valence-corrected chi connectivity index (χ4v) is 3.27. The van der Waals surface area contributed by atoms with Gasteiger partial charge in [0.05, 0.1) is 11.8 Å². The first-order chi connectivity index (χ1) is 9.68. The van der Waals surface area contributed by atoms with Gasteiger partial charge in [-0.15, -0.1) is 0 Å². The lowest BCUT2D eigenvalue weighted by atomic mass is 10.1. The molecule has 1 heterocycles. The maximum absolute atomic E-state index is 13.7. The van der Waals surface area contributed by atoms with Crippen LogP contribution in [0.1, 0.15) is 15.9 Å². The largest absolute Gasteiger partial charge is 0.298 e. The minimum absolute atomic E-state index is 0.0141. The molecule has 5 nitrogen and oxygen atoms in total. The molecule has 0 unspecified atom stereocenters. The van der Waals surface area contributed by atoms with Crippen molar-refractivity contribution in [2.75, 3.05) is 11.6 Å². The van der Waals surface area contributed by atoms with Gasteiger partial charge in [0, 0.05) is 11.3 Å². The van der Waals surface area contributed by atoms with Crippen LogP contribution < -0.4 is 5.32 Å². The van der Waals surface area contributed by atoms with Crippen molar-refractivity contribution in [3.63, 3.8) is 0 Å². The zero-order chi connectivity index (χ0) is 15.8. The van der Waals surface area contributed by atoms with Crippen LogP contribution >= 0.6 is 22.9 Å². The maximum atomic E-state index is 13.7. The molecule has 1 amide bonds. The monoisotopic (exact) mass is 348 g/mol. The summed E-state index contributed by atoms with van der Waals surface area (Å²) in [5.41, 5.74) is 0.279. The molecular formula is C12H10ClFN2O3S2. The van der Waals surface area contributed by atoms with Crippen LogP contribution in [0.15, 0.2) is 22.5 Å². The Hall–Kier alpha value is -1.51. The van der Waals surface area contributed by atoms with E-state index in [2.05, 4.69) is 10.3 Å². The summed E-state index contributed by atoms with van der Waals surface area (Å²) in [6, 6.07) is 2.37. The average molecular weight is 349 g/mol. The Labute approximate surface area is 129 Å². The highest BCUT2D eigenvalue weighted by molar-refractivity contribution is 7.92. The molecule has 0 aliphatic carbocycles. The number of rotatable bonds is 3. The Kier molecular flexibility index (Phi) is 4.31. The molecule has 0 aliphatic rings. The summed E-state index contributed by atoms with van der Waals surface area (Å²) in [5.74, 6) is -1.46. The second-order valence-corrected chi connectivity index (χ2v) is 7.97. The number of nitrogens with zero attached hydrogens (tertiary/aromatic N) is 1. The molecule has 2 aromatic rings. The summed E-state index contributed by atoms with van der Waals surface area (Å²) in [7, 11) is -3.39. The van der Waals surface area contributed by atoms with Gasteiger partial charge in [0.1, 0.15) is 10.0 Å². The number of amides is 1. The molecule has 9 heteroatoms. The highest BCUT2D eigenvalue weighted by Crippen LogP contribution is 2.25. The fraction of sp³-hybridized carbons (Fsp3) is 0.167. The maximum Gasteiger partial charge on any atom is 0.260 e. The first-order valence-electron chi connectivity index (χ1n) is 5.61. The smallest absolute Gasteiger partial charge is 0.260 e. The predicted octanol–water partition coefficient (Wildman–Crippen LogP) is 2.90. The molecule has 1 aromatic heterocycles. The topological polar surface area (TPSA) is 76.1 Å². The van der Waals surface area contributed by atoms with Crippen molar-refractivity contribution in [2.24, 2.45) is 0 Å². The Morgan fingerprint density at radius 2 is 2.10 bits per heavy atom. The van der Waals surface area contributed by atoms with Crippen molar-refractivity contribution >= 4 is 43.8 Å². The minimum Gasteiger partial charge on any atom is -0.298 e. The van der Waals surface area contributed by atoms with Crippen molar-refractivity contribution in [3.8, 4) is 0 Å². The third-order valence-corrected chi connectivity index (χ3v) is 5.67. The number of sulfone groups is 1. The number of hydrogen-bond acceptors (Lipinski definition) is 5. The van der Waals surface area contributed by atoms with Crippen LogP contribution in [0.5, 0.6) is 0 Å². The van der Waals surface area contributed by atoms with Gasteiger partial charge in [0.25, 0.3) is 5.91 Å². The lowest BCUT2D eigenvalue weighted by Crippen LogP contribution is -2.13. The standard InChI is InChI=1S/C12H10ClFN2O3S2/c1-6-3-9(14)7(4-8(6)13)11(17)16-12-15-5-10(20-12)21(2,18)19/h3-5H,1-2H3,(H,15,16,17). The van der Waals surface area contributed by atoms with Crippen molar-refractivity contribution in [2.45, 2.75) is 11.1 Å². The molecular weight excluding hydrogens is 339 g/mol. The minimum atomic E-state index is -3.39. The van der Waals surface area contributed by atoms with Gasteiger partial charge in [-0.1, -0.05) is 22.9 Å². The number of nitrogens with one attached hydrogen (secondary N) is 1. The van der Waals surface area contributed by atoms with Gasteiger partial charge in [-0.2, -0.15) is 0 Å². The molecule has 0 radical (unpaired) electrons. The molecule has 1 aromatic carbocycles. The zero-order valence-corrected chi connectivity index (χ0v) is 13.4. The van der Waals surface area contributed by atoms with E-state index in [9.17, 15) is 17.6 Å². The molecule has 0 atom stereocenters. The van der Waals surface area contributed by atoms with Crippen LogP contribution in [0, 0.1) is 12.7 Å². The highest BCUT2D eigenvalue weighted by Gasteiger charge is 2.17. The molecule has 0 spiro atoms. The average Bonchev–Trinajstić information content (AvgIpc) is 2.82. The van der Waals surface area contributed by atoms with Gasteiger partial charge in [-0.3, -0.25) is 10.1 Å². The van der Waals surface area contributed by atoms with E-state index in [0.717, 1.165) is 29.9 Å². The summed E-state index contributed by atoms with van der Waals surface area (Å²) < 4.78 is 36.4. The van der Waals surface area contributed by atoms with Gasteiger partial charge < -0.3 is 0 Å². The van der Waals surface area contributed by atoms with Crippen LogP contribution in [-0.4, -0.2) is 25.6 Å². The molecule has 1 N–H and O–H groups in total. The number of carbonyl (C=O) groups is 1. The number of hydrogen-bond donors (Lipinski definition) is 1. The predicted molar refractivity (Wildman–Crippen MR) is 79.3 cm³/mol. The van der Waals surface area contributed by atoms with E-state index in [0.29, 0.717) is 5.56 Å². The lowest BCUT2D eigenvalue weighted by molar-refractivity contribution is 0.102. The van der Waals surface area contributed by atoms with Crippen LogP contribution in [0.25, 0.3) is 0 Å². The van der Waals surface area contributed by atoms with Crippen LogP contribution in [0.3, 0.4) is 0 Å². The zero-order valence-electron chi connectivity index (χ0n) is 11.0. The summed E-state index contributed by atoms with van der Waals surface area (Å²) >= 11 is 6.65. The molecule has 21 heavy (non-hydrogen) atoms. The van der Waals surface area contributed by atoms with E-state index in [-0.39, 0.29) is 19.9 Å². The van der Waals surface area contributed by atoms with Gasteiger partial charge in [-0.25, -0.2) is 17.8 Å². The van der Waals surface area contributed by atoms with Crippen molar-refractivity contribution in [3.05, 3.63) is 40.3 Å². The second-order valence-electron chi connectivity index (χ2n) is 4.29. The SMILES string of the molecule is Cc1cc(F)c(C(=O)Nc2ncc(S(C)(=O)=O)s2)cc1Cl. The van der Waals surface area contributed by atoms with Crippen molar-refractivity contribution in [1.29, 1.82) is 0 Å². The molecule has 0 fully saturated rings. The molecule has 0 bridgehead atoms. The molecule has 0 saturated carbocycles. The molecule has 0 saturated heterocycles. The summed E-state index contributed by atoms with van der Waals surface area (Å²) in [6.07, 6.45) is 2.17.